The third-order valence-corrected chi connectivity index (χ3v) is 2.18. The van der Waals surface area contributed by atoms with Gasteiger partial charge in [-0.3, -0.25) is 0 Å². The predicted molar refractivity (Wildman–Crippen MR) is 49.5 cm³/mol. The Bertz CT molecular complexity index is 457. The average molecular weight is 204 g/mol. The zero-order valence-electron chi connectivity index (χ0n) is 7.75. The number of hydrogen-bond acceptors (Lipinski definition) is 5. The summed E-state index contributed by atoms with van der Waals surface area (Å²) in [4.78, 5) is 0. The van der Waals surface area contributed by atoms with Crippen molar-refractivity contribution in [3.8, 4) is 11.5 Å². The van der Waals surface area contributed by atoms with E-state index in [0.717, 1.165) is 5.75 Å². The first-order chi connectivity index (χ1) is 7.43. The minimum absolute atomic E-state index is 0.269. The van der Waals surface area contributed by atoms with E-state index in [-0.39, 0.29) is 6.10 Å². The molecule has 6 nitrogen and oxygen atoms in total. The van der Waals surface area contributed by atoms with Crippen LogP contribution in [0.5, 0.6) is 11.5 Å². The molecule has 6 heteroatoms. The lowest BCUT2D eigenvalue weighted by atomic mass is 10.2. The molecule has 2 aromatic rings. The second kappa shape index (κ2) is 3.23. The molecule has 0 radical (unpaired) electrons. The molecule has 76 valence electrons. The summed E-state index contributed by atoms with van der Waals surface area (Å²) >= 11 is 0. The van der Waals surface area contributed by atoms with Crippen molar-refractivity contribution in [2.24, 2.45) is 0 Å². The third-order valence-electron chi connectivity index (χ3n) is 2.18. The van der Waals surface area contributed by atoms with Gasteiger partial charge in [0.15, 0.2) is 23.4 Å². The van der Waals surface area contributed by atoms with E-state index in [2.05, 4.69) is 20.6 Å². The quantitative estimate of drug-likeness (QED) is 0.740. The molecule has 0 spiro atoms. The molecule has 0 amide bonds. The van der Waals surface area contributed by atoms with Crippen LogP contribution in [0.15, 0.2) is 24.3 Å². The number of rotatable bonds is 1. The van der Waals surface area contributed by atoms with Gasteiger partial charge in [0.25, 0.3) is 0 Å². The first kappa shape index (κ1) is 8.22. The van der Waals surface area contributed by atoms with Gasteiger partial charge in [0.1, 0.15) is 6.61 Å². The highest BCUT2D eigenvalue weighted by atomic mass is 16.6. The Kier molecular flexibility index (Phi) is 1.77. The van der Waals surface area contributed by atoms with Crippen molar-refractivity contribution in [1.29, 1.82) is 0 Å². The number of ether oxygens (including phenoxy) is 2. The average Bonchev–Trinajstić information content (AvgIpc) is 2.82. The van der Waals surface area contributed by atoms with E-state index in [9.17, 15) is 0 Å². The lowest BCUT2D eigenvalue weighted by Crippen LogP contribution is -2.22. The topological polar surface area (TPSA) is 72.9 Å². The van der Waals surface area contributed by atoms with Crippen LogP contribution in [0.4, 0.5) is 0 Å². The highest BCUT2D eigenvalue weighted by molar-refractivity contribution is 5.40. The summed E-state index contributed by atoms with van der Waals surface area (Å²) in [5, 5.41) is 13.4. The van der Waals surface area contributed by atoms with Gasteiger partial charge in [0, 0.05) is 0 Å². The summed E-state index contributed by atoms with van der Waals surface area (Å²) in [7, 11) is 0. The number of aromatic amines is 1. The normalized spacial score (nSPS) is 18.8. The van der Waals surface area contributed by atoms with Crippen molar-refractivity contribution in [2.45, 2.75) is 6.10 Å². The van der Waals surface area contributed by atoms with Crippen molar-refractivity contribution in [2.75, 3.05) is 6.61 Å². The Balaban J connectivity index is 1.89. The SMILES string of the molecule is c1ccc2c(c1)OCC(c1nnn[nH]1)O2. The highest BCUT2D eigenvalue weighted by Crippen LogP contribution is 2.34. The Morgan fingerprint density at radius 1 is 1.27 bits per heavy atom. The fourth-order valence-corrected chi connectivity index (χ4v) is 1.46. The molecule has 1 N–H and O–H groups in total. The summed E-state index contributed by atoms with van der Waals surface area (Å²) in [6.07, 6.45) is -0.269. The first-order valence-electron chi connectivity index (χ1n) is 4.55. The van der Waals surface area contributed by atoms with Gasteiger partial charge >= 0.3 is 0 Å². The molecular formula is C9H8N4O2. The minimum Gasteiger partial charge on any atom is -0.485 e. The second-order valence-electron chi connectivity index (χ2n) is 3.15. The van der Waals surface area contributed by atoms with Crippen LogP contribution < -0.4 is 9.47 Å². The molecule has 1 unspecified atom stereocenters. The van der Waals surface area contributed by atoms with Crippen LogP contribution in [0.1, 0.15) is 11.9 Å². The molecule has 1 aromatic carbocycles. The van der Waals surface area contributed by atoms with Gasteiger partial charge in [-0.25, -0.2) is 5.10 Å². The van der Waals surface area contributed by atoms with Crippen LogP contribution in [0.3, 0.4) is 0 Å². The standard InChI is InChI=1S/C9H8N4O2/c1-2-4-7-6(3-1)14-5-8(15-7)9-10-12-13-11-9/h1-4,8H,5H2,(H,10,11,12,13). The molecule has 1 aliphatic rings. The summed E-state index contributed by atoms with van der Waals surface area (Å²) in [5.41, 5.74) is 0. The largest absolute Gasteiger partial charge is 0.485 e. The number of nitrogens with one attached hydrogen (secondary N) is 1. The van der Waals surface area contributed by atoms with Crippen molar-refractivity contribution in [3.63, 3.8) is 0 Å². The fourth-order valence-electron chi connectivity index (χ4n) is 1.46. The van der Waals surface area contributed by atoms with Crippen LogP contribution in [-0.2, 0) is 0 Å². The monoisotopic (exact) mass is 204 g/mol. The van der Waals surface area contributed by atoms with Gasteiger partial charge < -0.3 is 9.47 Å². The molecule has 1 aromatic heterocycles. The van der Waals surface area contributed by atoms with E-state index in [0.29, 0.717) is 18.2 Å². The molecule has 0 fully saturated rings. The molecule has 3 rings (SSSR count). The second-order valence-corrected chi connectivity index (χ2v) is 3.15. The Hall–Kier alpha value is -2.11. The number of fused-ring (bicyclic) bond motifs is 1. The van der Waals surface area contributed by atoms with Crippen LogP contribution in [-0.4, -0.2) is 27.2 Å². The van der Waals surface area contributed by atoms with Gasteiger partial charge in [-0.15, -0.1) is 5.10 Å². The van der Waals surface area contributed by atoms with E-state index >= 15 is 0 Å². The van der Waals surface area contributed by atoms with Crippen molar-refractivity contribution < 1.29 is 9.47 Å². The Morgan fingerprint density at radius 2 is 2.13 bits per heavy atom. The maximum atomic E-state index is 5.68. The van der Waals surface area contributed by atoms with Crippen molar-refractivity contribution in [1.82, 2.24) is 20.6 Å². The molecular weight excluding hydrogens is 196 g/mol. The third kappa shape index (κ3) is 1.39. The lowest BCUT2D eigenvalue weighted by molar-refractivity contribution is 0.0851. The van der Waals surface area contributed by atoms with Gasteiger partial charge in [-0.1, -0.05) is 12.1 Å². The van der Waals surface area contributed by atoms with E-state index in [4.69, 9.17) is 9.47 Å². The molecule has 0 aliphatic carbocycles. The summed E-state index contributed by atoms with van der Waals surface area (Å²) < 4.78 is 11.2. The van der Waals surface area contributed by atoms with Crippen LogP contribution in [0, 0.1) is 0 Å². The summed E-state index contributed by atoms with van der Waals surface area (Å²) in [6.45, 7) is 0.411. The molecule has 0 saturated heterocycles. The maximum absolute atomic E-state index is 5.68. The van der Waals surface area contributed by atoms with Gasteiger partial charge in [0.2, 0.25) is 0 Å². The Morgan fingerprint density at radius 3 is 2.93 bits per heavy atom. The molecule has 1 atom stereocenters. The van der Waals surface area contributed by atoms with Crippen LogP contribution in [0.2, 0.25) is 0 Å². The number of nitrogens with zero attached hydrogens (tertiary/aromatic N) is 3. The number of hydrogen-bond donors (Lipinski definition) is 1. The predicted octanol–water partition coefficient (Wildman–Crippen LogP) is 0.712. The van der Waals surface area contributed by atoms with E-state index in [1.54, 1.807) is 0 Å². The smallest absolute Gasteiger partial charge is 0.193 e. The molecule has 0 saturated carbocycles. The van der Waals surface area contributed by atoms with E-state index < -0.39 is 0 Å². The van der Waals surface area contributed by atoms with Crippen LogP contribution in [0.25, 0.3) is 0 Å². The Labute approximate surface area is 85.2 Å². The molecule has 1 aliphatic heterocycles. The first-order valence-corrected chi connectivity index (χ1v) is 4.55. The summed E-state index contributed by atoms with van der Waals surface area (Å²) in [5.74, 6) is 2.04. The minimum atomic E-state index is -0.269. The number of tetrazole rings is 1. The molecule has 0 bridgehead atoms. The van der Waals surface area contributed by atoms with Gasteiger partial charge in [-0.05, 0) is 22.6 Å². The number of H-pyrrole nitrogens is 1. The molecule has 2 heterocycles. The number of aromatic nitrogens is 4. The van der Waals surface area contributed by atoms with E-state index in [1.807, 2.05) is 24.3 Å². The number of benzene rings is 1. The van der Waals surface area contributed by atoms with Crippen molar-refractivity contribution in [3.05, 3.63) is 30.1 Å². The summed E-state index contributed by atoms with van der Waals surface area (Å²) in [6, 6.07) is 7.51. The zero-order chi connectivity index (χ0) is 10.1. The zero-order valence-corrected chi connectivity index (χ0v) is 7.75. The van der Waals surface area contributed by atoms with Gasteiger partial charge in [0.05, 0.1) is 0 Å². The lowest BCUT2D eigenvalue weighted by Gasteiger charge is -2.24. The fraction of sp³-hybridized carbons (Fsp3) is 0.222. The maximum Gasteiger partial charge on any atom is 0.193 e. The van der Waals surface area contributed by atoms with Crippen molar-refractivity contribution >= 4 is 0 Å². The number of para-hydroxylation sites is 2. The van der Waals surface area contributed by atoms with Gasteiger partial charge in [-0.2, -0.15) is 0 Å². The van der Waals surface area contributed by atoms with E-state index in [1.165, 1.54) is 0 Å². The highest BCUT2D eigenvalue weighted by Gasteiger charge is 2.24. The van der Waals surface area contributed by atoms with Crippen LogP contribution >= 0.6 is 0 Å². The molecule has 15 heavy (non-hydrogen) atoms.